The van der Waals surface area contributed by atoms with Gasteiger partial charge in [-0.05, 0) is 47.5 Å². The Bertz CT molecular complexity index is 1810. The molecule has 1 aliphatic heterocycles. The second kappa shape index (κ2) is 11.4. The molecule has 0 unspecified atom stereocenters. The molecule has 0 fully saturated rings. The number of carbonyl (C=O) groups excluding carboxylic acids is 2. The summed E-state index contributed by atoms with van der Waals surface area (Å²) in [5.41, 5.74) is 3.94. The standard InChI is InChI=1S/C39H26O5/c40-37(27-13-5-1-6-14-27)42-31-21-23-33-35(25-31)44-36-26-32(43-38(41)28-15-7-2-8-16-28)22-24-34(36)39(33,29-17-9-3-10-18-29)30-19-11-4-12-20-30/h1-26H. The zero-order valence-electron chi connectivity index (χ0n) is 23.6. The van der Waals surface area contributed by atoms with Crippen LogP contribution < -0.4 is 14.2 Å². The molecule has 0 bridgehead atoms. The molecule has 0 radical (unpaired) electrons. The van der Waals surface area contributed by atoms with Gasteiger partial charge < -0.3 is 14.2 Å². The molecule has 6 aromatic carbocycles. The lowest BCUT2D eigenvalue weighted by molar-refractivity contribution is 0.0725. The molecule has 0 saturated heterocycles. The highest BCUT2D eigenvalue weighted by molar-refractivity contribution is 5.91. The number of hydrogen-bond donors (Lipinski definition) is 0. The number of fused-ring (bicyclic) bond motifs is 2. The lowest BCUT2D eigenvalue weighted by atomic mass is 9.63. The third-order valence-electron chi connectivity index (χ3n) is 7.79. The Morgan fingerprint density at radius 1 is 0.455 bits per heavy atom. The van der Waals surface area contributed by atoms with Crippen molar-refractivity contribution in [1.82, 2.24) is 0 Å². The van der Waals surface area contributed by atoms with E-state index in [0.717, 1.165) is 22.3 Å². The van der Waals surface area contributed by atoms with Gasteiger partial charge in [-0.25, -0.2) is 9.59 Å². The van der Waals surface area contributed by atoms with E-state index in [2.05, 4.69) is 24.3 Å². The Labute approximate surface area is 254 Å². The number of esters is 2. The topological polar surface area (TPSA) is 61.8 Å². The largest absolute Gasteiger partial charge is 0.456 e. The summed E-state index contributed by atoms with van der Waals surface area (Å²) in [5, 5.41) is 0. The summed E-state index contributed by atoms with van der Waals surface area (Å²) >= 11 is 0. The van der Waals surface area contributed by atoms with E-state index in [1.807, 2.05) is 60.7 Å². The smallest absolute Gasteiger partial charge is 0.343 e. The molecule has 5 heteroatoms. The van der Waals surface area contributed by atoms with Gasteiger partial charge in [0.2, 0.25) is 0 Å². The minimum Gasteiger partial charge on any atom is -0.456 e. The first-order valence-electron chi connectivity index (χ1n) is 14.3. The summed E-state index contributed by atoms with van der Waals surface area (Å²) in [6.45, 7) is 0. The number of ether oxygens (including phenoxy) is 3. The van der Waals surface area contributed by atoms with Crippen LogP contribution in [0.2, 0.25) is 0 Å². The Morgan fingerprint density at radius 2 is 0.818 bits per heavy atom. The average molecular weight is 575 g/mol. The highest BCUT2D eigenvalue weighted by atomic mass is 16.5. The van der Waals surface area contributed by atoms with Crippen molar-refractivity contribution in [3.8, 4) is 23.0 Å². The van der Waals surface area contributed by atoms with Gasteiger partial charge in [0, 0.05) is 23.3 Å². The summed E-state index contributed by atoms with van der Waals surface area (Å²) in [6, 6.07) is 49.1. The number of rotatable bonds is 6. The van der Waals surface area contributed by atoms with Gasteiger partial charge in [0.05, 0.1) is 16.5 Å². The number of hydrogen-bond acceptors (Lipinski definition) is 5. The predicted molar refractivity (Wildman–Crippen MR) is 168 cm³/mol. The molecule has 212 valence electrons. The van der Waals surface area contributed by atoms with Crippen molar-refractivity contribution >= 4 is 11.9 Å². The van der Waals surface area contributed by atoms with Gasteiger partial charge in [0.25, 0.3) is 0 Å². The average Bonchev–Trinajstić information content (AvgIpc) is 3.08. The summed E-state index contributed by atoms with van der Waals surface area (Å²) in [7, 11) is 0. The Hall–Kier alpha value is -5.94. The van der Waals surface area contributed by atoms with Crippen molar-refractivity contribution in [1.29, 1.82) is 0 Å². The highest BCUT2D eigenvalue weighted by Gasteiger charge is 2.45. The molecule has 0 saturated carbocycles. The van der Waals surface area contributed by atoms with E-state index in [1.54, 1.807) is 72.8 Å². The van der Waals surface area contributed by atoms with Crippen LogP contribution in [0.3, 0.4) is 0 Å². The van der Waals surface area contributed by atoms with Crippen LogP contribution in [0.5, 0.6) is 23.0 Å². The first-order valence-corrected chi connectivity index (χ1v) is 14.3. The van der Waals surface area contributed by atoms with Gasteiger partial charge in [0.15, 0.2) is 0 Å². The maximum atomic E-state index is 12.9. The molecular weight excluding hydrogens is 548 g/mol. The predicted octanol–water partition coefficient (Wildman–Crippen LogP) is 8.61. The quantitative estimate of drug-likeness (QED) is 0.147. The molecule has 44 heavy (non-hydrogen) atoms. The minimum absolute atomic E-state index is 0.350. The zero-order chi connectivity index (χ0) is 29.9. The number of benzene rings is 6. The second-order valence-corrected chi connectivity index (χ2v) is 10.4. The Morgan fingerprint density at radius 3 is 1.20 bits per heavy atom. The van der Waals surface area contributed by atoms with Crippen LogP contribution in [-0.2, 0) is 5.41 Å². The SMILES string of the molecule is O=C(Oc1ccc2c(c1)Oc1cc(OC(=O)c3ccccc3)ccc1C2(c1ccccc1)c1ccccc1)c1ccccc1. The van der Waals surface area contributed by atoms with Crippen LogP contribution in [-0.4, -0.2) is 11.9 Å². The van der Waals surface area contributed by atoms with Gasteiger partial charge >= 0.3 is 11.9 Å². The third-order valence-corrected chi connectivity index (χ3v) is 7.79. The van der Waals surface area contributed by atoms with Crippen LogP contribution in [0.4, 0.5) is 0 Å². The van der Waals surface area contributed by atoms with E-state index in [1.165, 1.54) is 0 Å². The van der Waals surface area contributed by atoms with E-state index in [4.69, 9.17) is 14.2 Å². The first-order chi connectivity index (χ1) is 21.6. The lowest BCUT2D eigenvalue weighted by Crippen LogP contribution is -2.34. The molecular formula is C39H26O5. The van der Waals surface area contributed by atoms with Crippen molar-refractivity contribution in [3.05, 3.63) is 191 Å². The first kappa shape index (κ1) is 26.9. The molecule has 0 spiro atoms. The van der Waals surface area contributed by atoms with E-state index >= 15 is 0 Å². The van der Waals surface area contributed by atoms with Gasteiger partial charge in [-0.3, -0.25) is 0 Å². The normalized spacial score (nSPS) is 12.6. The lowest BCUT2D eigenvalue weighted by Gasteiger charge is -2.41. The molecule has 0 amide bonds. The zero-order valence-corrected chi connectivity index (χ0v) is 23.6. The molecule has 7 rings (SSSR count). The van der Waals surface area contributed by atoms with Crippen LogP contribution in [0.25, 0.3) is 0 Å². The molecule has 0 aromatic heterocycles. The molecule has 0 atom stereocenters. The van der Waals surface area contributed by atoms with E-state index < -0.39 is 17.4 Å². The van der Waals surface area contributed by atoms with Crippen molar-refractivity contribution < 1.29 is 23.8 Å². The van der Waals surface area contributed by atoms with Gasteiger partial charge in [-0.2, -0.15) is 0 Å². The number of carbonyl (C=O) groups is 2. The van der Waals surface area contributed by atoms with E-state index in [9.17, 15) is 9.59 Å². The fourth-order valence-corrected chi connectivity index (χ4v) is 5.83. The van der Waals surface area contributed by atoms with Gasteiger partial charge in [0.1, 0.15) is 23.0 Å². The molecule has 0 N–H and O–H groups in total. The second-order valence-electron chi connectivity index (χ2n) is 10.4. The maximum absolute atomic E-state index is 12.9. The summed E-state index contributed by atoms with van der Waals surface area (Å²) < 4.78 is 18.1. The van der Waals surface area contributed by atoms with Crippen LogP contribution in [0.1, 0.15) is 43.0 Å². The van der Waals surface area contributed by atoms with Gasteiger partial charge in [-0.15, -0.1) is 0 Å². The summed E-state index contributed by atoms with van der Waals surface area (Å²) in [5.74, 6) is 0.819. The van der Waals surface area contributed by atoms with Crippen molar-refractivity contribution in [2.24, 2.45) is 0 Å². The Balaban J connectivity index is 1.38. The van der Waals surface area contributed by atoms with E-state index in [0.29, 0.717) is 34.1 Å². The third kappa shape index (κ3) is 4.80. The monoisotopic (exact) mass is 574 g/mol. The van der Waals surface area contributed by atoms with Crippen LogP contribution in [0, 0.1) is 0 Å². The fourth-order valence-electron chi connectivity index (χ4n) is 5.83. The van der Waals surface area contributed by atoms with Crippen molar-refractivity contribution in [3.63, 3.8) is 0 Å². The molecule has 5 nitrogen and oxygen atoms in total. The Kier molecular flexibility index (Phi) is 6.97. The summed E-state index contributed by atoms with van der Waals surface area (Å²) in [6.07, 6.45) is 0. The molecule has 1 aliphatic rings. The highest BCUT2D eigenvalue weighted by Crippen LogP contribution is 2.56. The fraction of sp³-hybridized carbons (Fsp3) is 0.0256. The molecule has 6 aromatic rings. The van der Waals surface area contributed by atoms with Crippen LogP contribution in [0.15, 0.2) is 158 Å². The van der Waals surface area contributed by atoms with E-state index in [-0.39, 0.29) is 0 Å². The summed E-state index contributed by atoms with van der Waals surface area (Å²) in [4.78, 5) is 25.8. The van der Waals surface area contributed by atoms with Crippen molar-refractivity contribution in [2.75, 3.05) is 0 Å². The maximum Gasteiger partial charge on any atom is 0.343 e. The van der Waals surface area contributed by atoms with Gasteiger partial charge in [-0.1, -0.05) is 109 Å². The molecule has 1 heterocycles. The molecule has 0 aliphatic carbocycles. The van der Waals surface area contributed by atoms with Crippen LogP contribution >= 0.6 is 0 Å². The minimum atomic E-state index is -0.782. The van der Waals surface area contributed by atoms with Crippen molar-refractivity contribution in [2.45, 2.75) is 5.41 Å².